The molecule has 178 valence electrons. The zero-order valence-corrected chi connectivity index (χ0v) is 20.7. The van der Waals surface area contributed by atoms with Crippen LogP contribution in [0, 0.1) is 11.8 Å². The van der Waals surface area contributed by atoms with Gasteiger partial charge in [0.25, 0.3) is 0 Å². The van der Waals surface area contributed by atoms with Crippen molar-refractivity contribution in [3.8, 4) is 0 Å². The number of hydrogen-bond donors (Lipinski definition) is 2. The van der Waals surface area contributed by atoms with Gasteiger partial charge in [0, 0.05) is 29.3 Å². The fourth-order valence-electron chi connectivity index (χ4n) is 4.67. The Labute approximate surface area is 200 Å². The van der Waals surface area contributed by atoms with Crippen LogP contribution in [0.1, 0.15) is 60.8 Å². The Bertz CT molecular complexity index is 977. The van der Waals surface area contributed by atoms with Crippen molar-refractivity contribution in [2.45, 2.75) is 52.9 Å². The first-order valence-corrected chi connectivity index (χ1v) is 13.0. The van der Waals surface area contributed by atoms with Crippen LogP contribution in [0.25, 0.3) is 0 Å². The summed E-state index contributed by atoms with van der Waals surface area (Å²) in [6, 6.07) is 8.28. The van der Waals surface area contributed by atoms with Gasteiger partial charge in [0.1, 0.15) is 5.00 Å². The summed E-state index contributed by atoms with van der Waals surface area (Å²) in [6.07, 6.45) is 5.33. The number of esters is 1. The normalized spacial score (nSPS) is 18.5. The standard InChI is InChI=1S/C26H35N3O3S/c1-4-32-26(31)24-21-10-5-18(3)15-22(21)33-25(24)28-23(30)16-27-19-6-8-20(9-7-19)29-13-11-17(2)12-14-29/h6-9,17-18,27H,4-5,10-16H2,1-3H3,(H,28,30). The predicted octanol–water partition coefficient (Wildman–Crippen LogP) is 5.34. The Morgan fingerprint density at radius 1 is 1.09 bits per heavy atom. The van der Waals surface area contributed by atoms with Crippen molar-refractivity contribution in [2.24, 2.45) is 11.8 Å². The fourth-order valence-corrected chi connectivity index (χ4v) is 6.08. The molecule has 1 aliphatic heterocycles. The number of carbonyl (C=O) groups is 2. The van der Waals surface area contributed by atoms with E-state index < -0.39 is 0 Å². The molecule has 1 unspecified atom stereocenters. The van der Waals surface area contributed by atoms with E-state index in [2.05, 4.69) is 41.5 Å². The summed E-state index contributed by atoms with van der Waals surface area (Å²) >= 11 is 1.52. The van der Waals surface area contributed by atoms with Gasteiger partial charge in [-0.05, 0) is 80.7 Å². The van der Waals surface area contributed by atoms with Gasteiger partial charge in [-0.25, -0.2) is 4.79 Å². The summed E-state index contributed by atoms with van der Waals surface area (Å²) in [6.45, 7) is 9.01. The van der Waals surface area contributed by atoms with Crippen molar-refractivity contribution >= 4 is 39.6 Å². The van der Waals surface area contributed by atoms with Crippen molar-refractivity contribution < 1.29 is 14.3 Å². The molecule has 7 heteroatoms. The van der Waals surface area contributed by atoms with Crippen LogP contribution in [-0.2, 0) is 22.4 Å². The summed E-state index contributed by atoms with van der Waals surface area (Å²) < 4.78 is 5.29. The predicted molar refractivity (Wildman–Crippen MR) is 136 cm³/mol. The number of fused-ring (bicyclic) bond motifs is 1. The molecule has 1 aromatic carbocycles. The van der Waals surface area contributed by atoms with Gasteiger partial charge in [-0.15, -0.1) is 11.3 Å². The van der Waals surface area contributed by atoms with Crippen molar-refractivity contribution in [3.05, 3.63) is 40.3 Å². The number of amides is 1. The van der Waals surface area contributed by atoms with E-state index in [0.717, 1.165) is 49.5 Å². The molecule has 2 aromatic rings. The number of nitrogens with one attached hydrogen (secondary N) is 2. The molecule has 1 saturated heterocycles. The lowest BCUT2D eigenvalue weighted by atomic mass is 9.88. The molecule has 2 heterocycles. The maximum absolute atomic E-state index is 12.7. The van der Waals surface area contributed by atoms with Crippen LogP contribution in [0.4, 0.5) is 16.4 Å². The van der Waals surface area contributed by atoms with Gasteiger partial charge in [-0.1, -0.05) is 13.8 Å². The summed E-state index contributed by atoms with van der Waals surface area (Å²) in [4.78, 5) is 29.0. The molecule has 1 fully saturated rings. The van der Waals surface area contributed by atoms with Crippen LogP contribution >= 0.6 is 11.3 Å². The monoisotopic (exact) mass is 469 g/mol. The van der Waals surface area contributed by atoms with E-state index in [1.54, 1.807) is 6.92 Å². The molecule has 1 atom stereocenters. The summed E-state index contributed by atoms with van der Waals surface area (Å²) in [5, 5.41) is 6.79. The third kappa shape index (κ3) is 5.69. The van der Waals surface area contributed by atoms with E-state index >= 15 is 0 Å². The van der Waals surface area contributed by atoms with Crippen LogP contribution in [0.5, 0.6) is 0 Å². The molecular formula is C26H35N3O3S. The lowest BCUT2D eigenvalue weighted by Gasteiger charge is -2.32. The van der Waals surface area contributed by atoms with Gasteiger partial charge in [-0.2, -0.15) is 0 Å². The molecule has 4 rings (SSSR count). The number of nitrogens with zero attached hydrogens (tertiary/aromatic N) is 1. The number of anilines is 3. The van der Waals surface area contributed by atoms with Gasteiger partial charge in [0.15, 0.2) is 0 Å². The fraction of sp³-hybridized carbons (Fsp3) is 0.538. The second-order valence-electron chi connectivity index (χ2n) is 9.39. The maximum atomic E-state index is 12.7. The number of rotatable bonds is 7. The number of benzene rings is 1. The zero-order chi connectivity index (χ0) is 23.4. The first kappa shape index (κ1) is 23.6. The topological polar surface area (TPSA) is 70.7 Å². The van der Waals surface area contributed by atoms with Gasteiger partial charge in [0.2, 0.25) is 5.91 Å². The van der Waals surface area contributed by atoms with Crippen LogP contribution < -0.4 is 15.5 Å². The molecule has 33 heavy (non-hydrogen) atoms. The number of piperidine rings is 1. The lowest BCUT2D eigenvalue weighted by molar-refractivity contribution is -0.114. The Balaban J connectivity index is 1.37. The van der Waals surface area contributed by atoms with Crippen LogP contribution in [0.15, 0.2) is 24.3 Å². The van der Waals surface area contributed by atoms with Crippen molar-refractivity contribution in [1.82, 2.24) is 0 Å². The molecule has 0 bridgehead atoms. The molecule has 2 N–H and O–H groups in total. The van der Waals surface area contributed by atoms with Crippen molar-refractivity contribution in [2.75, 3.05) is 41.8 Å². The van der Waals surface area contributed by atoms with E-state index in [4.69, 9.17) is 4.74 Å². The number of ether oxygens (including phenoxy) is 1. The molecule has 0 spiro atoms. The van der Waals surface area contributed by atoms with E-state index in [0.29, 0.717) is 23.1 Å². The Hall–Kier alpha value is -2.54. The molecule has 1 aromatic heterocycles. The van der Waals surface area contributed by atoms with Crippen LogP contribution in [0.2, 0.25) is 0 Å². The summed E-state index contributed by atoms with van der Waals surface area (Å²) in [7, 11) is 0. The largest absolute Gasteiger partial charge is 0.462 e. The SMILES string of the molecule is CCOC(=O)c1c(NC(=O)CNc2ccc(N3CCC(C)CC3)cc2)sc2c1CCC(C)C2. The van der Waals surface area contributed by atoms with Gasteiger partial charge in [-0.3, -0.25) is 4.79 Å². The quantitative estimate of drug-likeness (QED) is 0.536. The zero-order valence-electron chi connectivity index (χ0n) is 19.9. The Morgan fingerprint density at radius 3 is 2.52 bits per heavy atom. The highest BCUT2D eigenvalue weighted by Crippen LogP contribution is 2.40. The molecule has 1 amide bonds. The number of hydrogen-bond acceptors (Lipinski definition) is 6. The second kappa shape index (κ2) is 10.6. The van der Waals surface area contributed by atoms with Crippen molar-refractivity contribution in [1.29, 1.82) is 0 Å². The highest BCUT2D eigenvalue weighted by atomic mass is 32.1. The van der Waals surface area contributed by atoms with Gasteiger partial charge in [0.05, 0.1) is 18.7 Å². The minimum absolute atomic E-state index is 0.141. The first-order valence-electron chi connectivity index (χ1n) is 12.1. The molecule has 0 saturated carbocycles. The van der Waals surface area contributed by atoms with Crippen molar-refractivity contribution in [3.63, 3.8) is 0 Å². The lowest BCUT2D eigenvalue weighted by Crippen LogP contribution is -2.32. The summed E-state index contributed by atoms with van der Waals surface area (Å²) in [5.41, 5.74) is 3.75. The smallest absolute Gasteiger partial charge is 0.341 e. The maximum Gasteiger partial charge on any atom is 0.341 e. The minimum Gasteiger partial charge on any atom is -0.462 e. The van der Waals surface area contributed by atoms with E-state index in [1.807, 2.05) is 12.1 Å². The van der Waals surface area contributed by atoms with Gasteiger partial charge < -0.3 is 20.3 Å². The molecule has 1 aliphatic carbocycles. The first-order chi connectivity index (χ1) is 15.9. The van der Waals surface area contributed by atoms with E-state index in [1.165, 1.54) is 34.7 Å². The highest BCUT2D eigenvalue weighted by molar-refractivity contribution is 7.17. The Kier molecular flexibility index (Phi) is 7.58. The van der Waals surface area contributed by atoms with Gasteiger partial charge >= 0.3 is 5.97 Å². The molecule has 6 nitrogen and oxygen atoms in total. The average Bonchev–Trinajstić information content (AvgIpc) is 3.15. The Morgan fingerprint density at radius 2 is 1.82 bits per heavy atom. The molecule has 2 aliphatic rings. The van der Waals surface area contributed by atoms with E-state index in [-0.39, 0.29) is 18.4 Å². The molecule has 0 radical (unpaired) electrons. The number of carbonyl (C=O) groups excluding carboxylic acids is 2. The average molecular weight is 470 g/mol. The van der Waals surface area contributed by atoms with Crippen LogP contribution in [0.3, 0.4) is 0 Å². The third-order valence-corrected chi connectivity index (χ3v) is 7.88. The summed E-state index contributed by atoms with van der Waals surface area (Å²) in [5.74, 6) is 0.895. The second-order valence-corrected chi connectivity index (χ2v) is 10.5. The highest BCUT2D eigenvalue weighted by Gasteiger charge is 2.29. The molecular weight excluding hydrogens is 434 g/mol. The minimum atomic E-state index is -0.337. The third-order valence-electron chi connectivity index (χ3n) is 6.71. The van der Waals surface area contributed by atoms with E-state index in [9.17, 15) is 9.59 Å². The number of thiophene rings is 1. The van der Waals surface area contributed by atoms with Crippen LogP contribution in [-0.4, -0.2) is 38.1 Å².